The van der Waals surface area contributed by atoms with Crippen LogP contribution in [0.4, 0.5) is 0 Å². The van der Waals surface area contributed by atoms with Crippen molar-refractivity contribution in [1.29, 1.82) is 0 Å². The first-order valence-electron chi connectivity index (χ1n) is 8.03. The zero-order valence-electron chi connectivity index (χ0n) is 14.2. The molecular weight excluding hydrogens is 280 g/mol. The zero-order valence-corrected chi connectivity index (χ0v) is 14.2. The lowest BCUT2D eigenvalue weighted by Crippen LogP contribution is -2.49. The molecule has 0 bridgehead atoms. The van der Waals surface area contributed by atoms with Crippen LogP contribution in [0.2, 0.25) is 0 Å². The van der Waals surface area contributed by atoms with Gasteiger partial charge in [-0.2, -0.15) is 5.10 Å². The molecule has 1 atom stereocenters. The largest absolute Gasteiger partial charge is 0.383 e. The van der Waals surface area contributed by atoms with Crippen molar-refractivity contribution in [2.75, 3.05) is 46.4 Å². The highest BCUT2D eigenvalue weighted by Gasteiger charge is 2.24. The van der Waals surface area contributed by atoms with Gasteiger partial charge in [0.05, 0.1) is 12.3 Å². The number of aromatic amines is 1. The summed E-state index contributed by atoms with van der Waals surface area (Å²) in [5.74, 6) is 0.455. The van der Waals surface area contributed by atoms with E-state index < -0.39 is 0 Å². The summed E-state index contributed by atoms with van der Waals surface area (Å²) < 4.78 is 5.10. The molecule has 0 spiro atoms. The maximum Gasteiger partial charge on any atom is 0.223 e. The molecule has 6 nitrogen and oxygen atoms in total. The number of ether oxygens (including phenoxy) is 1. The van der Waals surface area contributed by atoms with Crippen LogP contribution in [0.15, 0.2) is 0 Å². The quantitative estimate of drug-likeness (QED) is 0.861. The lowest BCUT2D eigenvalue weighted by molar-refractivity contribution is -0.133. The molecule has 1 aromatic heterocycles. The Morgan fingerprint density at radius 2 is 2.00 bits per heavy atom. The number of nitrogens with one attached hydrogen (secondary N) is 1. The van der Waals surface area contributed by atoms with Gasteiger partial charge in [-0.3, -0.25) is 14.8 Å². The highest BCUT2D eigenvalue weighted by molar-refractivity contribution is 5.77. The van der Waals surface area contributed by atoms with Crippen LogP contribution in [0.3, 0.4) is 0 Å². The first kappa shape index (κ1) is 17.0. The van der Waals surface area contributed by atoms with Crippen LogP contribution in [-0.4, -0.2) is 72.3 Å². The molecule has 1 fully saturated rings. The van der Waals surface area contributed by atoms with Crippen LogP contribution < -0.4 is 0 Å². The molecule has 0 aromatic carbocycles. The van der Waals surface area contributed by atoms with Crippen molar-refractivity contribution in [3.8, 4) is 0 Å². The number of hydrogen-bond donors (Lipinski definition) is 1. The molecule has 6 heteroatoms. The number of piperazine rings is 1. The topological polar surface area (TPSA) is 61.5 Å². The number of aryl methyl sites for hydroxylation is 2. The van der Waals surface area contributed by atoms with Crippen molar-refractivity contribution >= 4 is 5.91 Å². The molecule has 1 saturated heterocycles. The first-order chi connectivity index (χ1) is 10.5. The van der Waals surface area contributed by atoms with Gasteiger partial charge in [0.2, 0.25) is 5.91 Å². The van der Waals surface area contributed by atoms with Crippen LogP contribution in [0.25, 0.3) is 0 Å². The maximum atomic E-state index is 12.5. The molecule has 2 rings (SSSR count). The molecule has 1 aliphatic heterocycles. The Kier molecular flexibility index (Phi) is 5.97. The molecule has 0 aliphatic carbocycles. The van der Waals surface area contributed by atoms with Crippen molar-refractivity contribution in [3.63, 3.8) is 0 Å². The maximum absolute atomic E-state index is 12.5. The Hall–Kier alpha value is -1.40. The molecule has 1 aromatic rings. The Morgan fingerprint density at radius 1 is 1.32 bits per heavy atom. The monoisotopic (exact) mass is 308 g/mol. The number of aromatic nitrogens is 2. The number of H-pyrrole nitrogens is 1. The van der Waals surface area contributed by atoms with E-state index in [0.29, 0.717) is 6.42 Å². The van der Waals surface area contributed by atoms with Gasteiger partial charge in [0, 0.05) is 51.9 Å². The number of carbonyl (C=O) groups excluding carboxylic acids is 1. The third-order valence-corrected chi connectivity index (χ3v) is 4.50. The molecule has 0 unspecified atom stereocenters. The Morgan fingerprint density at radius 3 is 2.55 bits per heavy atom. The summed E-state index contributed by atoms with van der Waals surface area (Å²) in [7, 11) is 1.72. The summed E-state index contributed by atoms with van der Waals surface area (Å²) in [5, 5.41) is 7.23. The highest BCUT2D eigenvalue weighted by Crippen LogP contribution is 2.25. The summed E-state index contributed by atoms with van der Waals surface area (Å²) in [6.45, 7) is 11.3. The van der Waals surface area contributed by atoms with Crippen LogP contribution in [0.5, 0.6) is 0 Å². The van der Waals surface area contributed by atoms with Gasteiger partial charge in [-0.15, -0.1) is 0 Å². The van der Waals surface area contributed by atoms with E-state index >= 15 is 0 Å². The van der Waals surface area contributed by atoms with E-state index in [1.807, 2.05) is 18.7 Å². The smallest absolute Gasteiger partial charge is 0.223 e. The Labute approximate surface area is 132 Å². The minimum Gasteiger partial charge on any atom is -0.383 e. The zero-order chi connectivity index (χ0) is 16.1. The van der Waals surface area contributed by atoms with Gasteiger partial charge in [0.1, 0.15) is 0 Å². The van der Waals surface area contributed by atoms with Crippen molar-refractivity contribution in [2.24, 2.45) is 0 Å². The number of nitrogens with zero attached hydrogens (tertiary/aromatic N) is 3. The van der Waals surface area contributed by atoms with E-state index in [-0.39, 0.29) is 11.8 Å². The fraction of sp³-hybridized carbons (Fsp3) is 0.750. The second-order valence-electron chi connectivity index (χ2n) is 6.17. The normalized spacial score (nSPS) is 17.7. The van der Waals surface area contributed by atoms with E-state index in [1.54, 1.807) is 7.11 Å². The van der Waals surface area contributed by atoms with E-state index in [1.165, 1.54) is 5.56 Å². The second-order valence-corrected chi connectivity index (χ2v) is 6.17. The van der Waals surface area contributed by atoms with Crippen LogP contribution in [0.1, 0.15) is 36.2 Å². The number of hydrogen-bond acceptors (Lipinski definition) is 4. The van der Waals surface area contributed by atoms with Crippen LogP contribution >= 0.6 is 0 Å². The minimum absolute atomic E-state index is 0.206. The highest BCUT2D eigenvalue weighted by atomic mass is 16.5. The lowest BCUT2D eigenvalue weighted by atomic mass is 9.95. The average molecular weight is 308 g/mol. The fourth-order valence-electron chi connectivity index (χ4n) is 3.22. The van der Waals surface area contributed by atoms with Gasteiger partial charge in [-0.25, -0.2) is 0 Å². The minimum atomic E-state index is 0.206. The number of methoxy groups -OCH3 is 1. The van der Waals surface area contributed by atoms with Crippen molar-refractivity contribution in [1.82, 2.24) is 20.0 Å². The van der Waals surface area contributed by atoms with E-state index in [0.717, 1.165) is 50.7 Å². The third-order valence-electron chi connectivity index (χ3n) is 4.50. The SMILES string of the molecule is COCCN1CCN(C(=O)C[C@@H](C)c2c(C)n[nH]c2C)CC1. The van der Waals surface area contributed by atoms with E-state index in [2.05, 4.69) is 22.0 Å². The molecule has 124 valence electrons. The Balaban J connectivity index is 1.83. The standard InChI is InChI=1S/C16H28N4O2/c1-12(16-13(2)17-18-14(16)3)11-15(21)20-7-5-19(6-8-20)9-10-22-4/h12H,5-11H2,1-4H3,(H,17,18)/t12-/m1/s1. The summed E-state index contributed by atoms with van der Waals surface area (Å²) in [6, 6.07) is 0. The predicted molar refractivity (Wildman–Crippen MR) is 86.0 cm³/mol. The first-order valence-corrected chi connectivity index (χ1v) is 8.03. The van der Waals surface area contributed by atoms with Gasteiger partial charge in [-0.05, 0) is 25.3 Å². The summed E-state index contributed by atoms with van der Waals surface area (Å²) in [4.78, 5) is 16.8. The van der Waals surface area contributed by atoms with Crippen LogP contribution in [0, 0.1) is 13.8 Å². The fourth-order valence-corrected chi connectivity index (χ4v) is 3.22. The molecule has 1 amide bonds. The van der Waals surface area contributed by atoms with Crippen molar-refractivity contribution in [2.45, 2.75) is 33.1 Å². The average Bonchev–Trinajstić information content (AvgIpc) is 2.84. The molecule has 0 radical (unpaired) electrons. The second kappa shape index (κ2) is 7.74. The number of carbonyl (C=O) groups is 1. The third kappa shape index (κ3) is 4.08. The van der Waals surface area contributed by atoms with Gasteiger partial charge in [-0.1, -0.05) is 6.92 Å². The lowest BCUT2D eigenvalue weighted by Gasteiger charge is -2.35. The summed E-state index contributed by atoms with van der Waals surface area (Å²) in [6.07, 6.45) is 0.555. The van der Waals surface area contributed by atoms with Crippen molar-refractivity contribution in [3.05, 3.63) is 17.0 Å². The molecule has 2 heterocycles. The number of amides is 1. The summed E-state index contributed by atoms with van der Waals surface area (Å²) >= 11 is 0. The molecule has 1 N–H and O–H groups in total. The van der Waals surface area contributed by atoms with Gasteiger partial charge < -0.3 is 9.64 Å². The van der Waals surface area contributed by atoms with Crippen LogP contribution in [-0.2, 0) is 9.53 Å². The van der Waals surface area contributed by atoms with Gasteiger partial charge in [0.25, 0.3) is 0 Å². The van der Waals surface area contributed by atoms with E-state index in [9.17, 15) is 4.79 Å². The molecule has 1 aliphatic rings. The van der Waals surface area contributed by atoms with Crippen molar-refractivity contribution < 1.29 is 9.53 Å². The Bertz CT molecular complexity index is 473. The molecular formula is C16H28N4O2. The van der Waals surface area contributed by atoms with Gasteiger partial charge in [0.15, 0.2) is 0 Å². The van der Waals surface area contributed by atoms with Gasteiger partial charge >= 0.3 is 0 Å². The molecule has 0 saturated carbocycles. The van der Waals surface area contributed by atoms with E-state index in [4.69, 9.17) is 4.74 Å². The summed E-state index contributed by atoms with van der Waals surface area (Å²) in [5.41, 5.74) is 3.26. The number of rotatable bonds is 6. The predicted octanol–water partition coefficient (Wildman–Crippen LogP) is 1.31. The molecule has 22 heavy (non-hydrogen) atoms.